The molecule has 0 aliphatic carbocycles. The van der Waals surface area contributed by atoms with Gasteiger partial charge in [0.2, 0.25) is 0 Å². The fourth-order valence-corrected chi connectivity index (χ4v) is 4.15. The van der Waals surface area contributed by atoms with Crippen LogP contribution < -0.4 is 14.2 Å². The maximum atomic E-state index is 11.2. The summed E-state index contributed by atoms with van der Waals surface area (Å²) in [6.45, 7) is 0. The van der Waals surface area contributed by atoms with E-state index in [9.17, 15) is 9.59 Å². The number of hydrogen-bond donors (Lipinski definition) is 2. The summed E-state index contributed by atoms with van der Waals surface area (Å²) in [5.41, 5.74) is 0. The van der Waals surface area contributed by atoms with Crippen LogP contribution in [0.2, 0.25) is 4.47 Å². The zero-order valence-electron chi connectivity index (χ0n) is 8.60. The SMILES string of the molecule is O=C1NC(=O)C(CC[Te]c2ccccc2)N1. The summed E-state index contributed by atoms with van der Waals surface area (Å²) in [5.74, 6) is -0.189. The van der Waals surface area contributed by atoms with Crippen molar-refractivity contribution < 1.29 is 9.59 Å². The van der Waals surface area contributed by atoms with E-state index in [2.05, 4.69) is 22.8 Å². The molecule has 1 aromatic carbocycles. The Balaban J connectivity index is 1.76. The Labute approximate surface area is 104 Å². The van der Waals surface area contributed by atoms with Crippen LogP contribution in [0.25, 0.3) is 0 Å². The fourth-order valence-electron chi connectivity index (χ4n) is 1.47. The number of benzene rings is 1. The Morgan fingerprint density at radius 1 is 1.19 bits per heavy atom. The van der Waals surface area contributed by atoms with Gasteiger partial charge in [0.25, 0.3) is 0 Å². The summed E-state index contributed by atoms with van der Waals surface area (Å²) < 4.78 is 2.41. The monoisotopic (exact) mass is 334 g/mol. The number of imide groups is 1. The first-order chi connectivity index (χ1) is 7.75. The van der Waals surface area contributed by atoms with E-state index in [-0.39, 0.29) is 38.9 Å². The molecule has 3 amide bonds. The minimum atomic E-state index is -0.365. The summed E-state index contributed by atoms with van der Waals surface area (Å²) in [7, 11) is 0. The van der Waals surface area contributed by atoms with Crippen LogP contribution in [0.1, 0.15) is 6.42 Å². The number of nitrogens with one attached hydrogen (secondary N) is 2. The Hall–Kier alpha value is -1.05. The summed E-state index contributed by atoms with van der Waals surface area (Å²) in [6.07, 6.45) is 0.745. The molecule has 1 heterocycles. The van der Waals surface area contributed by atoms with Gasteiger partial charge in [-0.05, 0) is 0 Å². The van der Waals surface area contributed by atoms with E-state index in [0.717, 1.165) is 10.9 Å². The van der Waals surface area contributed by atoms with Crippen molar-refractivity contribution in [2.45, 2.75) is 16.9 Å². The van der Waals surface area contributed by atoms with E-state index in [4.69, 9.17) is 0 Å². The molecule has 2 rings (SSSR count). The molecule has 1 aliphatic rings. The average Bonchev–Trinajstić information content (AvgIpc) is 2.59. The van der Waals surface area contributed by atoms with Crippen molar-refractivity contribution in [1.29, 1.82) is 0 Å². The topological polar surface area (TPSA) is 58.2 Å². The maximum absolute atomic E-state index is 11.2. The molecule has 1 atom stereocenters. The molecule has 1 unspecified atom stereocenters. The predicted molar refractivity (Wildman–Crippen MR) is 61.7 cm³/mol. The Kier molecular flexibility index (Phi) is 3.81. The first kappa shape index (κ1) is 11.4. The predicted octanol–water partition coefficient (Wildman–Crippen LogP) is 0.0325. The number of carbonyl (C=O) groups is 2. The van der Waals surface area contributed by atoms with Crippen molar-refractivity contribution in [3.63, 3.8) is 0 Å². The van der Waals surface area contributed by atoms with Crippen molar-refractivity contribution in [2.75, 3.05) is 0 Å². The molecule has 0 spiro atoms. The van der Waals surface area contributed by atoms with Gasteiger partial charge in [-0.3, -0.25) is 0 Å². The number of rotatable bonds is 4. The van der Waals surface area contributed by atoms with Gasteiger partial charge in [-0.1, -0.05) is 0 Å². The van der Waals surface area contributed by atoms with E-state index in [1.165, 1.54) is 3.61 Å². The summed E-state index contributed by atoms with van der Waals surface area (Å²) in [5, 5.41) is 4.85. The van der Waals surface area contributed by atoms with Crippen molar-refractivity contribution in [3.8, 4) is 0 Å². The van der Waals surface area contributed by atoms with Gasteiger partial charge >= 0.3 is 104 Å². The fraction of sp³-hybridized carbons (Fsp3) is 0.273. The van der Waals surface area contributed by atoms with Crippen molar-refractivity contribution >= 4 is 36.5 Å². The summed E-state index contributed by atoms with van der Waals surface area (Å²) >= 11 is -0.236. The first-order valence-electron chi connectivity index (χ1n) is 5.05. The average molecular weight is 332 g/mol. The first-order valence-corrected chi connectivity index (χ1v) is 7.86. The van der Waals surface area contributed by atoms with Crippen LogP contribution in [0.15, 0.2) is 30.3 Å². The molecule has 16 heavy (non-hydrogen) atoms. The molecule has 4 nitrogen and oxygen atoms in total. The zero-order chi connectivity index (χ0) is 11.4. The van der Waals surface area contributed by atoms with Crippen LogP contribution in [0.4, 0.5) is 4.79 Å². The third kappa shape index (κ3) is 2.97. The van der Waals surface area contributed by atoms with Crippen LogP contribution >= 0.6 is 0 Å². The van der Waals surface area contributed by atoms with Crippen LogP contribution in [0, 0.1) is 0 Å². The van der Waals surface area contributed by atoms with E-state index < -0.39 is 0 Å². The molecule has 5 heteroatoms. The van der Waals surface area contributed by atoms with Crippen molar-refractivity contribution in [3.05, 3.63) is 30.3 Å². The quantitative estimate of drug-likeness (QED) is 0.604. The molecule has 2 N–H and O–H groups in total. The summed E-state index contributed by atoms with van der Waals surface area (Å²) in [6, 6.07) is 9.62. The number of amides is 3. The Morgan fingerprint density at radius 3 is 2.56 bits per heavy atom. The minimum absolute atomic E-state index is 0.189. The Bertz CT molecular complexity index is 394. The molecule has 84 valence electrons. The number of carbonyl (C=O) groups excluding carboxylic acids is 2. The van der Waals surface area contributed by atoms with Gasteiger partial charge < -0.3 is 0 Å². The van der Waals surface area contributed by atoms with E-state index in [1.807, 2.05) is 18.2 Å². The molecular weight excluding hydrogens is 320 g/mol. The van der Waals surface area contributed by atoms with Gasteiger partial charge in [-0.2, -0.15) is 0 Å². The van der Waals surface area contributed by atoms with Gasteiger partial charge in [-0.15, -0.1) is 0 Å². The standard InChI is InChI=1S/C11H12N2O2Te/c14-10-9(12-11(15)13-10)6-7-16-8-4-2-1-3-5-8/h1-5,9H,6-7H2,(H2,12,13,14,15). The third-order valence-corrected chi connectivity index (χ3v) is 5.26. The zero-order valence-corrected chi connectivity index (χ0v) is 10.9. The molecule has 0 bridgehead atoms. The second kappa shape index (κ2) is 5.33. The number of hydrogen-bond acceptors (Lipinski definition) is 2. The van der Waals surface area contributed by atoms with Crippen LogP contribution in [-0.2, 0) is 4.79 Å². The summed E-state index contributed by atoms with van der Waals surface area (Å²) in [4.78, 5) is 22.1. The normalized spacial score (nSPS) is 19.4. The molecule has 1 saturated heterocycles. The van der Waals surface area contributed by atoms with E-state index >= 15 is 0 Å². The second-order valence-electron chi connectivity index (χ2n) is 3.47. The van der Waals surface area contributed by atoms with Gasteiger partial charge in [0.15, 0.2) is 0 Å². The van der Waals surface area contributed by atoms with Gasteiger partial charge in [-0.25, -0.2) is 0 Å². The van der Waals surface area contributed by atoms with Crippen molar-refractivity contribution in [2.24, 2.45) is 0 Å². The van der Waals surface area contributed by atoms with Gasteiger partial charge in [0, 0.05) is 0 Å². The Morgan fingerprint density at radius 2 is 1.94 bits per heavy atom. The van der Waals surface area contributed by atoms with Gasteiger partial charge in [0.05, 0.1) is 0 Å². The van der Waals surface area contributed by atoms with Crippen molar-refractivity contribution in [1.82, 2.24) is 10.6 Å². The molecule has 1 fully saturated rings. The number of urea groups is 1. The second-order valence-corrected chi connectivity index (χ2v) is 6.80. The van der Waals surface area contributed by atoms with Gasteiger partial charge in [0.1, 0.15) is 0 Å². The molecule has 0 saturated carbocycles. The van der Waals surface area contributed by atoms with Crippen LogP contribution in [0.3, 0.4) is 0 Å². The van der Waals surface area contributed by atoms with Crippen LogP contribution in [0.5, 0.6) is 0 Å². The molecule has 0 aromatic heterocycles. The van der Waals surface area contributed by atoms with Crippen LogP contribution in [-0.4, -0.2) is 38.9 Å². The molecular formula is C11H12N2O2Te. The third-order valence-electron chi connectivity index (χ3n) is 2.28. The molecule has 0 radical (unpaired) electrons. The van der Waals surface area contributed by atoms with E-state index in [0.29, 0.717) is 0 Å². The van der Waals surface area contributed by atoms with E-state index in [1.54, 1.807) is 0 Å². The molecule has 1 aliphatic heterocycles. The molecule has 1 aromatic rings.